The zero-order valence-corrected chi connectivity index (χ0v) is 17.3. The summed E-state index contributed by atoms with van der Waals surface area (Å²) < 4.78 is 5.10. The summed E-state index contributed by atoms with van der Waals surface area (Å²) in [5.74, 6) is 0.894. The lowest BCUT2D eigenvalue weighted by molar-refractivity contribution is 0.198. The first-order valence-corrected chi connectivity index (χ1v) is 9.73. The quantitative estimate of drug-likeness (QED) is 0.451. The van der Waals surface area contributed by atoms with Crippen molar-refractivity contribution in [3.05, 3.63) is 64.1 Å². The molecule has 146 valence electrons. The molecule has 0 aliphatic heterocycles. The van der Waals surface area contributed by atoms with Gasteiger partial charge in [-0.1, -0.05) is 34.8 Å². The summed E-state index contributed by atoms with van der Waals surface area (Å²) in [4.78, 5) is 4.70. The summed E-state index contributed by atoms with van der Waals surface area (Å²) in [5, 5.41) is 14.8. The van der Waals surface area contributed by atoms with Crippen molar-refractivity contribution in [2.75, 3.05) is 25.6 Å². The first kappa shape index (κ1) is 20.5. The van der Waals surface area contributed by atoms with E-state index < -0.39 is 0 Å². The Morgan fingerprint density at radius 3 is 2.43 bits per heavy atom. The van der Waals surface area contributed by atoms with Crippen LogP contribution in [0.25, 0.3) is 22.4 Å². The second kappa shape index (κ2) is 9.28. The lowest BCUT2D eigenvalue weighted by Gasteiger charge is -2.13. The number of hydrogen-bond acceptors (Lipinski definition) is 4. The fourth-order valence-corrected chi connectivity index (χ4v) is 3.46. The minimum Gasteiger partial charge on any atom is -0.507 e. The molecule has 0 aliphatic rings. The van der Waals surface area contributed by atoms with Gasteiger partial charge in [0.25, 0.3) is 0 Å². The maximum absolute atomic E-state index is 10.4. The van der Waals surface area contributed by atoms with Gasteiger partial charge in [0.05, 0.1) is 5.69 Å². The van der Waals surface area contributed by atoms with Gasteiger partial charge in [-0.2, -0.15) is 0 Å². The van der Waals surface area contributed by atoms with Gasteiger partial charge in [0, 0.05) is 35.9 Å². The number of benzene rings is 2. The average molecular weight is 417 g/mol. The minimum absolute atomic E-state index is 0.185. The number of nitrogens with one attached hydrogen (secondary N) is 1. The number of aromatic hydroxyl groups is 1. The van der Waals surface area contributed by atoms with Crippen molar-refractivity contribution < 1.29 is 9.84 Å². The number of hydrogen-bond donors (Lipinski definition) is 2. The molecule has 0 atom stereocenters. The highest BCUT2D eigenvalue weighted by atomic mass is 35.5. The number of methoxy groups -OCH3 is 1. The van der Waals surface area contributed by atoms with Crippen LogP contribution in [0, 0.1) is 6.92 Å². The predicted molar refractivity (Wildman–Crippen MR) is 117 cm³/mol. The third-order valence-electron chi connectivity index (χ3n) is 4.28. The number of nitrogens with zero attached hydrogens (tertiary/aromatic N) is 1. The van der Waals surface area contributed by atoms with Crippen LogP contribution in [0.1, 0.15) is 12.0 Å². The molecule has 0 unspecified atom stereocenters. The van der Waals surface area contributed by atoms with Crippen molar-refractivity contribution in [2.24, 2.45) is 0 Å². The number of anilines is 1. The van der Waals surface area contributed by atoms with Gasteiger partial charge in [-0.05, 0) is 66.9 Å². The van der Waals surface area contributed by atoms with Crippen molar-refractivity contribution in [3.8, 4) is 28.1 Å². The van der Waals surface area contributed by atoms with Crippen LogP contribution in [0.3, 0.4) is 0 Å². The number of phenolic OH excluding ortho intramolecular Hbond substituents is 1. The molecule has 2 N–H and O–H groups in total. The number of ether oxygens (including phenoxy) is 1. The SMILES string of the molecule is COCCCNc1cc(-c2cc(Cl)cc(Cl)c2)cc(-c2cc(C)ccc2O)n1. The molecular formula is C22H22Cl2N2O2. The predicted octanol–water partition coefficient (Wildman–Crippen LogP) is 6.18. The second-order valence-electron chi connectivity index (χ2n) is 6.58. The third-order valence-corrected chi connectivity index (χ3v) is 4.72. The molecule has 1 heterocycles. The molecule has 28 heavy (non-hydrogen) atoms. The summed E-state index contributed by atoms with van der Waals surface area (Å²) in [7, 11) is 1.68. The molecular weight excluding hydrogens is 395 g/mol. The molecule has 0 aliphatic carbocycles. The smallest absolute Gasteiger partial charge is 0.127 e. The Morgan fingerprint density at radius 2 is 1.71 bits per heavy atom. The standard InChI is InChI=1S/C22H22Cl2N2O2/c1-14-4-5-21(27)19(8-14)20-11-16(15-9-17(23)13-18(24)10-15)12-22(26-20)25-6-3-7-28-2/h4-5,8-13,27H,3,6-7H2,1-2H3,(H,25,26). The lowest BCUT2D eigenvalue weighted by Crippen LogP contribution is -2.06. The fraction of sp³-hybridized carbons (Fsp3) is 0.227. The van der Waals surface area contributed by atoms with Crippen molar-refractivity contribution in [2.45, 2.75) is 13.3 Å². The van der Waals surface area contributed by atoms with E-state index in [1.165, 1.54) is 0 Å². The van der Waals surface area contributed by atoms with Gasteiger partial charge in [0.2, 0.25) is 0 Å². The molecule has 0 amide bonds. The second-order valence-corrected chi connectivity index (χ2v) is 7.45. The van der Waals surface area contributed by atoms with Gasteiger partial charge in [0.15, 0.2) is 0 Å². The van der Waals surface area contributed by atoms with Crippen LogP contribution in [0.4, 0.5) is 5.82 Å². The van der Waals surface area contributed by atoms with Crippen LogP contribution in [-0.2, 0) is 4.74 Å². The normalized spacial score (nSPS) is 10.9. The third kappa shape index (κ3) is 5.16. The molecule has 0 radical (unpaired) electrons. The molecule has 3 rings (SSSR count). The van der Waals surface area contributed by atoms with Crippen LogP contribution in [-0.4, -0.2) is 30.4 Å². The van der Waals surface area contributed by atoms with E-state index in [0.29, 0.717) is 33.7 Å². The Hall–Kier alpha value is -2.27. The van der Waals surface area contributed by atoms with E-state index in [1.54, 1.807) is 19.2 Å². The Bertz CT molecular complexity index is 956. The van der Waals surface area contributed by atoms with Crippen LogP contribution in [0.5, 0.6) is 5.75 Å². The van der Waals surface area contributed by atoms with E-state index in [9.17, 15) is 5.11 Å². The Balaban J connectivity index is 2.07. The molecule has 1 aromatic heterocycles. The summed E-state index contributed by atoms with van der Waals surface area (Å²) in [5.41, 5.74) is 4.18. The maximum atomic E-state index is 10.4. The zero-order valence-electron chi connectivity index (χ0n) is 15.8. The average Bonchev–Trinajstić information content (AvgIpc) is 2.66. The molecule has 6 heteroatoms. The van der Waals surface area contributed by atoms with Crippen molar-refractivity contribution in [1.82, 2.24) is 4.98 Å². The Morgan fingerprint density at radius 1 is 1.00 bits per heavy atom. The first-order valence-electron chi connectivity index (χ1n) is 8.97. The number of phenols is 1. The van der Waals surface area contributed by atoms with Crippen molar-refractivity contribution >= 4 is 29.0 Å². The van der Waals surface area contributed by atoms with Crippen LogP contribution in [0.2, 0.25) is 10.0 Å². The first-order chi connectivity index (χ1) is 13.5. The Kier molecular flexibility index (Phi) is 6.79. The van der Waals surface area contributed by atoms with Gasteiger partial charge in [0.1, 0.15) is 11.6 Å². The van der Waals surface area contributed by atoms with Gasteiger partial charge in [-0.25, -0.2) is 4.98 Å². The zero-order chi connectivity index (χ0) is 20.1. The molecule has 2 aromatic carbocycles. The summed E-state index contributed by atoms with van der Waals surface area (Å²) in [6, 6.07) is 14.8. The highest BCUT2D eigenvalue weighted by Gasteiger charge is 2.12. The van der Waals surface area contributed by atoms with Crippen LogP contribution >= 0.6 is 23.2 Å². The van der Waals surface area contributed by atoms with Gasteiger partial charge in [-0.3, -0.25) is 0 Å². The van der Waals surface area contributed by atoms with Gasteiger partial charge >= 0.3 is 0 Å². The Labute approximate surface area is 175 Å². The molecule has 3 aromatic rings. The fourth-order valence-electron chi connectivity index (χ4n) is 2.93. The van der Waals surface area contributed by atoms with Gasteiger partial charge in [-0.15, -0.1) is 0 Å². The number of pyridine rings is 1. The van der Waals surface area contributed by atoms with Crippen LogP contribution < -0.4 is 5.32 Å². The van der Waals surface area contributed by atoms with E-state index >= 15 is 0 Å². The highest BCUT2D eigenvalue weighted by Crippen LogP contribution is 2.34. The van der Waals surface area contributed by atoms with E-state index in [0.717, 1.165) is 29.7 Å². The largest absolute Gasteiger partial charge is 0.507 e. The number of halogens is 2. The molecule has 0 fully saturated rings. The van der Waals surface area contributed by atoms with Crippen molar-refractivity contribution in [3.63, 3.8) is 0 Å². The minimum atomic E-state index is 0.185. The molecule has 0 saturated heterocycles. The molecule has 0 saturated carbocycles. The number of rotatable bonds is 7. The van der Waals surface area contributed by atoms with Gasteiger partial charge < -0.3 is 15.2 Å². The molecule has 0 bridgehead atoms. The topological polar surface area (TPSA) is 54.4 Å². The van der Waals surface area contributed by atoms with E-state index in [2.05, 4.69) is 5.32 Å². The van der Waals surface area contributed by atoms with E-state index in [1.807, 2.05) is 43.3 Å². The van der Waals surface area contributed by atoms with Crippen LogP contribution in [0.15, 0.2) is 48.5 Å². The summed E-state index contributed by atoms with van der Waals surface area (Å²) in [6.07, 6.45) is 0.858. The number of aryl methyl sites for hydroxylation is 1. The van der Waals surface area contributed by atoms with E-state index in [4.69, 9.17) is 32.9 Å². The molecule has 0 spiro atoms. The summed E-state index contributed by atoms with van der Waals surface area (Å²) >= 11 is 12.4. The van der Waals surface area contributed by atoms with E-state index in [-0.39, 0.29) is 5.75 Å². The maximum Gasteiger partial charge on any atom is 0.127 e. The summed E-state index contributed by atoms with van der Waals surface area (Å²) in [6.45, 7) is 3.37. The van der Waals surface area contributed by atoms with Crippen molar-refractivity contribution in [1.29, 1.82) is 0 Å². The molecule has 4 nitrogen and oxygen atoms in total. The highest BCUT2D eigenvalue weighted by molar-refractivity contribution is 6.35. The monoisotopic (exact) mass is 416 g/mol. The lowest BCUT2D eigenvalue weighted by atomic mass is 10.0. The number of aromatic nitrogens is 1.